The Hall–Kier alpha value is -1.82. The maximum absolute atomic E-state index is 2.47. The summed E-state index contributed by atoms with van der Waals surface area (Å²) in [5.74, 6) is 2.99. The molecular formula is C22H24. The van der Waals surface area contributed by atoms with E-state index in [4.69, 9.17) is 0 Å². The number of hydrogen-bond acceptors (Lipinski definition) is 0. The van der Waals surface area contributed by atoms with Gasteiger partial charge in [-0.2, -0.15) is 0 Å². The van der Waals surface area contributed by atoms with Crippen LogP contribution in [0.5, 0.6) is 0 Å². The Morgan fingerprint density at radius 1 is 0.955 bits per heavy atom. The quantitative estimate of drug-likeness (QED) is 0.648. The SMILES string of the molecule is CC(CC1CCC2C=Cc3ccccc3C21)c1ccccc1. The van der Waals surface area contributed by atoms with Crippen molar-refractivity contribution in [3.05, 3.63) is 77.4 Å². The molecule has 0 bridgehead atoms. The molecule has 2 aromatic rings. The molecule has 0 aliphatic heterocycles. The average Bonchev–Trinajstić information content (AvgIpc) is 2.99. The maximum Gasteiger partial charge on any atom is -0.00644 e. The highest BCUT2D eigenvalue weighted by atomic mass is 14.4. The minimum absolute atomic E-state index is 0.656. The summed E-state index contributed by atoms with van der Waals surface area (Å²) in [5.41, 5.74) is 4.53. The van der Waals surface area contributed by atoms with Crippen molar-refractivity contribution in [3.63, 3.8) is 0 Å². The van der Waals surface area contributed by atoms with Crippen LogP contribution in [0.4, 0.5) is 0 Å². The van der Waals surface area contributed by atoms with Crippen LogP contribution in [0.15, 0.2) is 60.7 Å². The molecule has 0 radical (unpaired) electrons. The summed E-state index contributed by atoms with van der Waals surface area (Å²) in [7, 11) is 0. The number of benzene rings is 2. The first-order chi connectivity index (χ1) is 10.8. The molecule has 4 unspecified atom stereocenters. The smallest absolute Gasteiger partial charge is 0.00644 e. The zero-order valence-electron chi connectivity index (χ0n) is 13.3. The van der Waals surface area contributed by atoms with Crippen molar-refractivity contribution in [3.8, 4) is 0 Å². The van der Waals surface area contributed by atoms with Gasteiger partial charge in [-0.1, -0.05) is 73.7 Å². The van der Waals surface area contributed by atoms with Gasteiger partial charge >= 0.3 is 0 Å². The van der Waals surface area contributed by atoms with Crippen molar-refractivity contribution in [1.29, 1.82) is 0 Å². The Balaban J connectivity index is 1.58. The van der Waals surface area contributed by atoms with Gasteiger partial charge in [-0.25, -0.2) is 0 Å². The zero-order chi connectivity index (χ0) is 14.9. The van der Waals surface area contributed by atoms with E-state index in [0.717, 1.165) is 17.8 Å². The van der Waals surface area contributed by atoms with Crippen LogP contribution in [0.2, 0.25) is 0 Å². The number of allylic oxidation sites excluding steroid dienone is 1. The van der Waals surface area contributed by atoms with Crippen LogP contribution < -0.4 is 0 Å². The first-order valence-corrected chi connectivity index (χ1v) is 8.65. The fourth-order valence-electron chi connectivity index (χ4n) is 4.65. The molecule has 2 aliphatic rings. The fourth-order valence-corrected chi connectivity index (χ4v) is 4.65. The van der Waals surface area contributed by atoms with Crippen LogP contribution in [0.3, 0.4) is 0 Å². The van der Waals surface area contributed by atoms with E-state index in [1.54, 1.807) is 5.56 Å². The molecule has 112 valence electrons. The molecular weight excluding hydrogens is 264 g/mol. The van der Waals surface area contributed by atoms with Gasteiger partial charge in [0.15, 0.2) is 0 Å². The van der Waals surface area contributed by atoms with Gasteiger partial charge in [-0.15, -0.1) is 0 Å². The van der Waals surface area contributed by atoms with Gasteiger partial charge in [0.05, 0.1) is 0 Å². The maximum atomic E-state index is 2.47. The normalized spacial score (nSPS) is 27.2. The van der Waals surface area contributed by atoms with Crippen molar-refractivity contribution in [1.82, 2.24) is 0 Å². The van der Waals surface area contributed by atoms with Crippen molar-refractivity contribution in [2.45, 2.75) is 38.0 Å². The Morgan fingerprint density at radius 3 is 2.59 bits per heavy atom. The lowest BCUT2D eigenvalue weighted by Crippen LogP contribution is -2.17. The van der Waals surface area contributed by atoms with Crippen LogP contribution in [-0.2, 0) is 0 Å². The third-order valence-corrected chi connectivity index (χ3v) is 5.74. The third-order valence-electron chi connectivity index (χ3n) is 5.74. The monoisotopic (exact) mass is 288 g/mol. The lowest BCUT2D eigenvalue weighted by atomic mass is 9.74. The summed E-state index contributed by atoms with van der Waals surface area (Å²) in [6.07, 6.45) is 8.87. The van der Waals surface area contributed by atoms with E-state index in [-0.39, 0.29) is 0 Å². The molecule has 2 aromatic carbocycles. The Bertz CT molecular complexity index is 667. The second kappa shape index (κ2) is 5.76. The average molecular weight is 288 g/mol. The van der Waals surface area contributed by atoms with Crippen molar-refractivity contribution < 1.29 is 0 Å². The van der Waals surface area contributed by atoms with Crippen LogP contribution in [0.1, 0.15) is 54.7 Å². The van der Waals surface area contributed by atoms with E-state index in [1.807, 2.05) is 0 Å². The topological polar surface area (TPSA) is 0 Å². The standard InChI is InChI=1S/C22H24/c1-16(17-7-3-2-4-8-17)15-20-14-13-19-12-11-18-9-5-6-10-21(18)22(19)20/h2-12,16,19-20,22H,13-15H2,1H3. The van der Waals surface area contributed by atoms with E-state index in [2.05, 4.69) is 73.7 Å². The van der Waals surface area contributed by atoms with E-state index in [9.17, 15) is 0 Å². The molecule has 0 heterocycles. The summed E-state index contributed by atoms with van der Waals surface area (Å²) in [5, 5.41) is 0. The summed E-state index contributed by atoms with van der Waals surface area (Å²) >= 11 is 0. The predicted octanol–water partition coefficient (Wildman–Crippen LogP) is 6.02. The van der Waals surface area contributed by atoms with Gasteiger partial charge < -0.3 is 0 Å². The summed E-state index contributed by atoms with van der Waals surface area (Å²) < 4.78 is 0. The molecule has 1 fully saturated rings. The molecule has 1 saturated carbocycles. The van der Waals surface area contributed by atoms with E-state index in [1.165, 1.54) is 30.4 Å². The summed E-state index contributed by atoms with van der Waals surface area (Å²) in [6.45, 7) is 2.40. The number of hydrogen-bond donors (Lipinski definition) is 0. The van der Waals surface area contributed by atoms with Gasteiger partial charge in [0.2, 0.25) is 0 Å². The molecule has 0 nitrogen and oxygen atoms in total. The van der Waals surface area contributed by atoms with E-state index >= 15 is 0 Å². The Morgan fingerprint density at radius 2 is 1.73 bits per heavy atom. The Kier molecular flexibility index (Phi) is 3.62. The van der Waals surface area contributed by atoms with Gasteiger partial charge in [0.25, 0.3) is 0 Å². The Labute approximate surface area is 133 Å². The number of rotatable bonds is 3. The molecule has 0 N–H and O–H groups in total. The van der Waals surface area contributed by atoms with Crippen LogP contribution in [0.25, 0.3) is 6.08 Å². The van der Waals surface area contributed by atoms with Crippen molar-refractivity contribution in [2.75, 3.05) is 0 Å². The van der Waals surface area contributed by atoms with Crippen LogP contribution in [0, 0.1) is 11.8 Å². The molecule has 0 aromatic heterocycles. The third kappa shape index (κ3) is 2.41. The molecule has 0 amide bonds. The lowest BCUT2D eigenvalue weighted by Gasteiger charge is -2.30. The van der Waals surface area contributed by atoms with E-state index in [0.29, 0.717) is 5.92 Å². The second-order valence-electron chi connectivity index (χ2n) is 7.06. The molecule has 22 heavy (non-hydrogen) atoms. The fraction of sp³-hybridized carbons (Fsp3) is 0.364. The highest BCUT2D eigenvalue weighted by molar-refractivity contribution is 5.59. The highest BCUT2D eigenvalue weighted by Crippen LogP contribution is 2.51. The second-order valence-corrected chi connectivity index (χ2v) is 7.06. The molecule has 4 atom stereocenters. The van der Waals surface area contributed by atoms with Crippen LogP contribution in [-0.4, -0.2) is 0 Å². The van der Waals surface area contributed by atoms with Gasteiger partial charge in [0, 0.05) is 0 Å². The molecule has 4 rings (SSSR count). The van der Waals surface area contributed by atoms with Gasteiger partial charge in [-0.3, -0.25) is 0 Å². The lowest BCUT2D eigenvalue weighted by molar-refractivity contribution is 0.396. The molecule has 0 spiro atoms. The van der Waals surface area contributed by atoms with Gasteiger partial charge in [-0.05, 0) is 59.6 Å². The minimum Gasteiger partial charge on any atom is -0.0802 e. The highest BCUT2D eigenvalue weighted by Gasteiger charge is 2.38. The summed E-state index contributed by atoms with van der Waals surface area (Å²) in [6, 6.07) is 20.0. The zero-order valence-corrected chi connectivity index (χ0v) is 13.3. The minimum atomic E-state index is 0.656. The largest absolute Gasteiger partial charge is 0.0802 e. The van der Waals surface area contributed by atoms with Gasteiger partial charge in [0.1, 0.15) is 0 Å². The first kappa shape index (κ1) is 13.8. The molecule has 0 heteroatoms. The molecule has 2 aliphatic carbocycles. The van der Waals surface area contributed by atoms with Crippen molar-refractivity contribution in [2.24, 2.45) is 11.8 Å². The predicted molar refractivity (Wildman–Crippen MR) is 93.9 cm³/mol. The summed E-state index contributed by atoms with van der Waals surface area (Å²) in [4.78, 5) is 0. The van der Waals surface area contributed by atoms with Crippen molar-refractivity contribution >= 4 is 6.08 Å². The number of fused-ring (bicyclic) bond motifs is 3. The molecule has 0 saturated heterocycles. The first-order valence-electron chi connectivity index (χ1n) is 8.65. The van der Waals surface area contributed by atoms with E-state index < -0.39 is 0 Å². The van der Waals surface area contributed by atoms with Crippen LogP contribution >= 0.6 is 0 Å².